The summed E-state index contributed by atoms with van der Waals surface area (Å²) in [6.45, 7) is 0. The van der Waals surface area contributed by atoms with E-state index in [1.165, 1.54) is 19.3 Å². The van der Waals surface area contributed by atoms with Crippen LogP contribution in [0.25, 0.3) is 0 Å². The van der Waals surface area contributed by atoms with Crippen LogP contribution in [0, 0.1) is 6.08 Å². The van der Waals surface area contributed by atoms with Crippen molar-refractivity contribution in [1.29, 1.82) is 0 Å². The van der Waals surface area contributed by atoms with Gasteiger partial charge < -0.3 is 0 Å². The molecule has 1 aliphatic rings. The van der Waals surface area contributed by atoms with E-state index < -0.39 is 0 Å². The average molecular weight is 114 g/mol. The Hall–Kier alpha value is 0.0774. The second kappa shape index (κ2) is 6.20. The van der Waals surface area contributed by atoms with Crippen molar-refractivity contribution in [3.05, 3.63) is 24.3 Å². The molecule has 0 saturated carbocycles. The van der Waals surface area contributed by atoms with E-state index >= 15 is 0 Å². The molecule has 0 radical (unpaired) electrons. The van der Waals surface area contributed by atoms with Crippen LogP contribution in [0.2, 0.25) is 0 Å². The van der Waals surface area contributed by atoms with E-state index in [0.29, 0.717) is 0 Å². The molecule has 0 spiro atoms. The fraction of sp³-hybridized carbons (Fsp3) is 0.500. The summed E-state index contributed by atoms with van der Waals surface area (Å²) in [6, 6.07) is 0. The summed E-state index contributed by atoms with van der Waals surface area (Å²) < 4.78 is 0. The van der Waals surface area contributed by atoms with Crippen molar-refractivity contribution in [2.45, 2.75) is 25.7 Å². The Morgan fingerprint density at radius 1 is 1.22 bits per heavy atom. The number of hydrogen-bond acceptors (Lipinski definition) is 0. The van der Waals surface area contributed by atoms with Crippen LogP contribution >= 0.6 is 0 Å². The van der Waals surface area contributed by atoms with Gasteiger partial charge in [-0.25, -0.2) is 12.2 Å². The summed E-state index contributed by atoms with van der Waals surface area (Å²) in [5.74, 6) is 0. The van der Waals surface area contributed by atoms with Crippen LogP contribution < -0.4 is 18.9 Å². The Bertz CT molecular complexity index is 89.1. The molecule has 44 valence electrons. The van der Waals surface area contributed by atoms with Gasteiger partial charge in [0.05, 0.1) is 0 Å². The maximum absolute atomic E-state index is 3.18. The predicted octanol–water partition coefficient (Wildman–Crippen LogP) is -0.520. The Labute approximate surface area is 69.2 Å². The molecule has 0 nitrogen and oxygen atoms in total. The quantitative estimate of drug-likeness (QED) is 0.293. The third-order valence-corrected chi connectivity index (χ3v) is 1.29. The van der Waals surface area contributed by atoms with E-state index in [1.807, 2.05) is 6.08 Å². The Balaban J connectivity index is 0.000000640. The van der Waals surface area contributed by atoms with Crippen molar-refractivity contribution in [3.8, 4) is 0 Å². The second-order valence-corrected chi connectivity index (χ2v) is 2.04. The molecule has 0 aromatic carbocycles. The van der Waals surface area contributed by atoms with Crippen LogP contribution in [0.15, 0.2) is 18.2 Å². The normalized spacial score (nSPS) is 21.3. The zero-order valence-electron chi connectivity index (χ0n) is 6.06. The molecule has 0 heterocycles. The molecule has 0 saturated heterocycles. The summed E-state index contributed by atoms with van der Waals surface area (Å²) in [6.07, 6.45) is 14.5. The number of allylic oxidation sites excluding steroid dienone is 4. The third kappa shape index (κ3) is 4.57. The van der Waals surface area contributed by atoms with Gasteiger partial charge in [0, 0.05) is 0 Å². The molecular weight excluding hydrogens is 103 g/mol. The van der Waals surface area contributed by atoms with E-state index in [0.717, 1.165) is 6.42 Å². The van der Waals surface area contributed by atoms with Gasteiger partial charge in [-0.3, -0.25) is 6.08 Å². The van der Waals surface area contributed by atoms with Gasteiger partial charge >= 0.3 is 18.9 Å². The maximum atomic E-state index is 3.18. The molecule has 0 aromatic rings. The third-order valence-electron chi connectivity index (χ3n) is 1.29. The standard InChI is InChI=1S/C8H11.Li/c1-2-4-6-8-7-5-3-1;/h1-3H,4,6-8H2;/q-1;+1/b2-1-;. The van der Waals surface area contributed by atoms with Crippen LogP contribution in [-0.2, 0) is 0 Å². The minimum absolute atomic E-state index is 0. The fourth-order valence-corrected chi connectivity index (χ4v) is 0.805. The molecule has 1 heteroatoms. The van der Waals surface area contributed by atoms with E-state index in [4.69, 9.17) is 0 Å². The zero-order chi connectivity index (χ0) is 5.66. The smallest absolute Gasteiger partial charge is 0.275 e. The Morgan fingerprint density at radius 3 is 3.00 bits per heavy atom. The van der Waals surface area contributed by atoms with Gasteiger partial charge in [-0.1, -0.05) is 19.3 Å². The van der Waals surface area contributed by atoms with Crippen molar-refractivity contribution >= 4 is 0 Å². The molecule has 9 heavy (non-hydrogen) atoms. The van der Waals surface area contributed by atoms with E-state index in [9.17, 15) is 0 Å². The molecule has 0 bridgehead atoms. The molecular formula is C8H11Li. The van der Waals surface area contributed by atoms with Crippen molar-refractivity contribution in [1.82, 2.24) is 0 Å². The average Bonchev–Trinajstić information content (AvgIpc) is 1.62. The van der Waals surface area contributed by atoms with Crippen molar-refractivity contribution < 1.29 is 18.9 Å². The predicted molar refractivity (Wildman–Crippen MR) is 35.4 cm³/mol. The van der Waals surface area contributed by atoms with Crippen LogP contribution in [0.3, 0.4) is 0 Å². The summed E-state index contributed by atoms with van der Waals surface area (Å²) in [7, 11) is 0. The molecule has 0 unspecified atom stereocenters. The molecule has 0 aliphatic heterocycles. The first kappa shape index (κ1) is 9.08. The second-order valence-electron chi connectivity index (χ2n) is 2.04. The Morgan fingerprint density at radius 2 is 2.11 bits per heavy atom. The monoisotopic (exact) mass is 114 g/mol. The van der Waals surface area contributed by atoms with Gasteiger partial charge in [0.1, 0.15) is 0 Å². The van der Waals surface area contributed by atoms with E-state index in [-0.39, 0.29) is 18.9 Å². The first-order chi connectivity index (χ1) is 4.00. The topological polar surface area (TPSA) is 0 Å². The number of hydrogen-bond donors (Lipinski definition) is 0. The molecule has 1 rings (SSSR count). The van der Waals surface area contributed by atoms with Gasteiger partial charge in [0.15, 0.2) is 0 Å². The van der Waals surface area contributed by atoms with E-state index in [1.54, 1.807) is 0 Å². The largest absolute Gasteiger partial charge is 1.00 e. The zero-order valence-corrected chi connectivity index (χ0v) is 6.06. The maximum Gasteiger partial charge on any atom is 1.00 e. The molecule has 1 aliphatic carbocycles. The van der Waals surface area contributed by atoms with Crippen LogP contribution in [0.1, 0.15) is 25.7 Å². The van der Waals surface area contributed by atoms with Crippen molar-refractivity contribution in [2.24, 2.45) is 0 Å². The molecule has 0 amide bonds. The van der Waals surface area contributed by atoms with Gasteiger partial charge in [0.25, 0.3) is 0 Å². The van der Waals surface area contributed by atoms with Gasteiger partial charge in [-0.05, 0) is 0 Å². The summed E-state index contributed by atoms with van der Waals surface area (Å²) in [5, 5.41) is 0. The van der Waals surface area contributed by atoms with Gasteiger partial charge in [-0.2, -0.15) is 6.08 Å². The summed E-state index contributed by atoms with van der Waals surface area (Å²) >= 11 is 0. The summed E-state index contributed by atoms with van der Waals surface area (Å²) in [4.78, 5) is 0. The molecule has 0 fully saturated rings. The molecule has 0 atom stereocenters. The SMILES string of the molecule is [C-]1=C/C=C\CCCC1.[Li+]. The van der Waals surface area contributed by atoms with Gasteiger partial charge in [-0.15, -0.1) is 6.42 Å². The first-order valence-corrected chi connectivity index (χ1v) is 3.22. The molecule has 0 N–H and O–H groups in total. The first-order valence-electron chi connectivity index (χ1n) is 3.22. The van der Waals surface area contributed by atoms with Crippen molar-refractivity contribution in [2.75, 3.05) is 0 Å². The van der Waals surface area contributed by atoms with Crippen LogP contribution in [0.5, 0.6) is 0 Å². The fourth-order valence-electron chi connectivity index (χ4n) is 0.805. The van der Waals surface area contributed by atoms with Gasteiger partial charge in [0.2, 0.25) is 0 Å². The minimum atomic E-state index is 0. The number of rotatable bonds is 0. The minimum Gasteiger partial charge on any atom is -0.275 e. The molecule has 0 aromatic heterocycles. The van der Waals surface area contributed by atoms with E-state index in [2.05, 4.69) is 18.2 Å². The van der Waals surface area contributed by atoms with Crippen molar-refractivity contribution in [3.63, 3.8) is 0 Å². The summed E-state index contributed by atoms with van der Waals surface area (Å²) in [5.41, 5.74) is 0. The Kier molecular flexibility index (Phi) is 6.25. The van der Waals surface area contributed by atoms with Crippen LogP contribution in [-0.4, -0.2) is 0 Å². The van der Waals surface area contributed by atoms with Crippen LogP contribution in [0.4, 0.5) is 0 Å².